The zero-order chi connectivity index (χ0) is 12.8. The van der Waals surface area contributed by atoms with Gasteiger partial charge in [-0.05, 0) is 24.3 Å². The van der Waals surface area contributed by atoms with Gasteiger partial charge in [-0.15, -0.1) is 0 Å². The second kappa shape index (κ2) is 6.15. The quantitative estimate of drug-likeness (QED) is 0.558. The van der Waals surface area contributed by atoms with Crippen LogP contribution in [0, 0.1) is 0 Å². The summed E-state index contributed by atoms with van der Waals surface area (Å²) in [6.45, 7) is 4.34. The summed E-state index contributed by atoms with van der Waals surface area (Å²) >= 11 is 0. The van der Waals surface area contributed by atoms with Crippen molar-refractivity contribution in [2.75, 3.05) is 0 Å². The van der Waals surface area contributed by atoms with Crippen molar-refractivity contribution in [3.8, 4) is 0 Å². The molecule has 0 amide bonds. The first-order valence-corrected chi connectivity index (χ1v) is 6.16. The molecular weight excluding hydrogens is 219 g/mol. The summed E-state index contributed by atoms with van der Waals surface area (Å²) in [5.41, 5.74) is 2.97. The average Bonchev–Trinajstić information content (AvgIpc) is 2.38. The maximum atomic E-state index is 4.21. The Morgan fingerprint density at radius 1 is 0.778 bits per heavy atom. The van der Waals surface area contributed by atoms with Crippen LogP contribution in [0.3, 0.4) is 0 Å². The highest BCUT2D eigenvalue weighted by molar-refractivity contribution is 6.54. The molecule has 1 radical (unpaired) electrons. The Hall–Kier alpha value is -1.90. The molecule has 89 valence electrons. The minimum absolute atomic E-state index is 0.557. The van der Waals surface area contributed by atoms with Gasteiger partial charge in [-0.2, -0.15) is 10.2 Å². The summed E-state index contributed by atoms with van der Waals surface area (Å²) in [7, 11) is 2.22. The second-order valence-corrected chi connectivity index (χ2v) is 4.54. The van der Waals surface area contributed by atoms with E-state index < -0.39 is 0 Å². The van der Waals surface area contributed by atoms with Gasteiger partial charge in [0.25, 0.3) is 0 Å². The van der Waals surface area contributed by atoms with Gasteiger partial charge in [-0.25, -0.2) is 0 Å². The van der Waals surface area contributed by atoms with Gasteiger partial charge in [-0.1, -0.05) is 55.5 Å². The molecular formula is C15H16BN2. The van der Waals surface area contributed by atoms with Crippen molar-refractivity contribution >= 4 is 24.1 Å². The van der Waals surface area contributed by atoms with Crippen molar-refractivity contribution in [2.24, 2.45) is 10.2 Å². The van der Waals surface area contributed by atoms with Crippen molar-refractivity contribution in [1.82, 2.24) is 0 Å². The van der Waals surface area contributed by atoms with Crippen molar-refractivity contribution in [3.63, 3.8) is 0 Å². The smallest absolute Gasteiger partial charge is 0.151 e. The van der Waals surface area contributed by atoms with Crippen molar-refractivity contribution in [2.45, 2.75) is 19.7 Å². The number of rotatable bonds is 4. The summed E-state index contributed by atoms with van der Waals surface area (Å²) in [5, 5.41) is 8.39. The van der Waals surface area contributed by atoms with E-state index in [9.17, 15) is 0 Å². The monoisotopic (exact) mass is 235 g/mol. The van der Waals surface area contributed by atoms with E-state index in [2.05, 4.69) is 43.5 Å². The van der Waals surface area contributed by atoms with Crippen LogP contribution in [0.5, 0.6) is 0 Å². The summed E-state index contributed by atoms with van der Waals surface area (Å²) in [4.78, 5) is 0. The van der Waals surface area contributed by atoms with Gasteiger partial charge in [0.1, 0.15) is 0 Å². The largest absolute Gasteiger partial charge is 0.154 e. The molecule has 2 rings (SSSR count). The van der Waals surface area contributed by atoms with E-state index in [-0.39, 0.29) is 0 Å². The SMILES string of the molecule is CC(C)[B]c1ccc(N=Nc2ccccc2)cc1. The first-order valence-electron chi connectivity index (χ1n) is 6.16. The summed E-state index contributed by atoms with van der Waals surface area (Å²) in [6.07, 6.45) is 0. The van der Waals surface area contributed by atoms with Crippen molar-refractivity contribution in [1.29, 1.82) is 0 Å². The third-order valence-corrected chi connectivity index (χ3v) is 2.46. The topological polar surface area (TPSA) is 24.7 Å². The molecule has 0 aliphatic rings. The molecule has 3 heteroatoms. The minimum Gasteiger partial charge on any atom is -0.151 e. The van der Waals surface area contributed by atoms with Crippen LogP contribution >= 0.6 is 0 Å². The van der Waals surface area contributed by atoms with E-state index in [4.69, 9.17) is 0 Å². The van der Waals surface area contributed by atoms with Crippen LogP contribution in [0.4, 0.5) is 11.4 Å². The Morgan fingerprint density at radius 3 is 1.89 bits per heavy atom. The lowest BCUT2D eigenvalue weighted by molar-refractivity contribution is 1.07. The van der Waals surface area contributed by atoms with Gasteiger partial charge < -0.3 is 0 Å². The maximum absolute atomic E-state index is 4.21. The Balaban J connectivity index is 2.04. The highest BCUT2D eigenvalue weighted by atomic mass is 15.1. The number of benzene rings is 2. The highest BCUT2D eigenvalue weighted by Crippen LogP contribution is 2.16. The zero-order valence-corrected chi connectivity index (χ0v) is 10.7. The van der Waals surface area contributed by atoms with E-state index in [1.807, 2.05) is 42.5 Å². The lowest BCUT2D eigenvalue weighted by Crippen LogP contribution is -2.15. The van der Waals surface area contributed by atoms with Crippen LogP contribution in [0.1, 0.15) is 13.8 Å². The fourth-order valence-electron chi connectivity index (χ4n) is 1.65. The molecule has 18 heavy (non-hydrogen) atoms. The van der Waals surface area contributed by atoms with Gasteiger partial charge in [0.2, 0.25) is 0 Å². The molecule has 0 saturated carbocycles. The average molecular weight is 235 g/mol. The number of nitrogens with zero attached hydrogens (tertiary/aromatic N) is 2. The van der Waals surface area contributed by atoms with Crippen LogP contribution in [0.25, 0.3) is 0 Å². The molecule has 0 unspecified atom stereocenters. The Bertz CT molecular complexity index is 504. The fourth-order valence-corrected chi connectivity index (χ4v) is 1.65. The molecule has 0 aliphatic heterocycles. The van der Waals surface area contributed by atoms with E-state index >= 15 is 0 Å². The molecule has 0 aliphatic carbocycles. The van der Waals surface area contributed by atoms with Gasteiger partial charge in [0.15, 0.2) is 7.28 Å². The Morgan fingerprint density at radius 2 is 1.33 bits per heavy atom. The minimum atomic E-state index is 0.557. The van der Waals surface area contributed by atoms with E-state index in [1.165, 1.54) is 5.46 Å². The van der Waals surface area contributed by atoms with Crippen molar-refractivity contribution in [3.05, 3.63) is 54.6 Å². The molecule has 2 aromatic carbocycles. The van der Waals surface area contributed by atoms with E-state index in [0.717, 1.165) is 11.4 Å². The molecule has 0 atom stereocenters. The Kier molecular flexibility index (Phi) is 4.29. The van der Waals surface area contributed by atoms with Crippen molar-refractivity contribution < 1.29 is 0 Å². The summed E-state index contributed by atoms with van der Waals surface area (Å²) in [6, 6.07) is 17.9. The molecule has 0 heterocycles. The van der Waals surface area contributed by atoms with E-state index in [0.29, 0.717) is 5.82 Å². The van der Waals surface area contributed by atoms with Crippen LogP contribution in [0.15, 0.2) is 64.8 Å². The van der Waals surface area contributed by atoms with Gasteiger partial charge in [-0.3, -0.25) is 0 Å². The molecule has 0 spiro atoms. The number of hydrogen-bond acceptors (Lipinski definition) is 2. The summed E-state index contributed by atoms with van der Waals surface area (Å²) in [5.74, 6) is 0.557. The first kappa shape index (κ1) is 12.6. The third-order valence-electron chi connectivity index (χ3n) is 2.46. The van der Waals surface area contributed by atoms with Crippen LogP contribution < -0.4 is 5.46 Å². The van der Waals surface area contributed by atoms with E-state index in [1.54, 1.807) is 0 Å². The zero-order valence-electron chi connectivity index (χ0n) is 10.7. The molecule has 0 bridgehead atoms. The molecule has 2 nitrogen and oxygen atoms in total. The predicted octanol–water partition coefficient (Wildman–Crippen LogP) is 4.26. The van der Waals surface area contributed by atoms with Gasteiger partial charge >= 0.3 is 0 Å². The molecule has 0 N–H and O–H groups in total. The van der Waals surface area contributed by atoms with Crippen LogP contribution in [0.2, 0.25) is 5.82 Å². The maximum Gasteiger partial charge on any atom is 0.154 e. The highest BCUT2D eigenvalue weighted by Gasteiger charge is 1.99. The predicted molar refractivity (Wildman–Crippen MR) is 77.5 cm³/mol. The Labute approximate surface area is 109 Å². The molecule has 0 aromatic heterocycles. The second-order valence-electron chi connectivity index (χ2n) is 4.54. The van der Waals surface area contributed by atoms with Crippen LogP contribution in [-0.2, 0) is 0 Å². The first-order chi connectivity index (χ1) is 8.74. The lowest BCUT2D eigenvalue weighted by atomic mass is 9.61. The standard InChI is InChI=1S/C15H16BN2/c1-12(2)16-13-8-10-15(11-9-13)18-17-14-6-4-3-5-7-14/h3-12H,1-2H3. The number of azo groups is 1. The third kappa shape index (κ3) is 3.84. The normalized spacial score (nSPS) is 11.1. The summed E-state index contributed by atoms with van der Waals surface area (Å²) < 4.78 is 0. The molecule has 0 fully saturated rings. The van der Waals surface area contributed by atoms with Crippen LogP contribution in [-0.4, -0.2) is 7.28 Å². The number of hydrogen-bond donors (Lipinski definition) is 0. The van der Waals surface area contributed by atoms with Gasteiger partial charge in [0.05, 0.1) is 11.4 Å². The lowest BCUT2D eigenvalue weighted by Gasteiger charge is -2.02. The van der Waals surface area contributed by atoms with Gasteiger partial charge in [0, 0.05) is 0 Å². The molecule has 0 saturated heterocycles. The fraction of sp³-hybridized carbons (Fsp3) is 0.200. The molecule has 2 aromatic rings.